The maximum atomic E-state index is 12.3. The first-order valence-electron chi connectivity index (χ1n) is 6.17. The molecule has 116 valence electrons. The van der Waals surface area contributed by atoms with E-state index in [2.05, 4.69) is 9.82 Å². The number of hydrogen-bond acceptors (Lipinski definition) is 5. The molecule has 0 amide bonds. The lowest BCUT2D eigenvalue weighted by atomic mass is 9.97. The Morgan fingerprint density at radius 2 is 2.05 bits per heavy atom. The van der Waals surface area contributed by atoms with Crippen LogP contribution in [0.25, 0.3) is 0 Å². The number of nitrogens with one attached hydrogen (secondary N) is 1. The minimum Gasteiger partial charge on any atom is -0.480 e. The van der Waals surface area contributed by atoms with Crippen LogP contribution in [0.1, 0.15) is 25.2 Å². The molecule has 1 heterocycles. The van der Waals surface area contributed by atoms with E-state index in [4.69, 9.17) is 10.4 Å². The highest BCUT2D eigenvalue weighted by Gasteiger charge is 2.27. The largest absolute Gasteiger partial charge is 0.480 e. The van der Waals surface area contributed by atoms with Crippen LogP contribution >= 0.6 is 0 Å². The normalized spacial score (nSPS) is 12.1. The van der Waals surface area contributed by atoms with Gasteiger partial charge in [0.2, 0.25) is 10.0 Å². The minimum atomic E-state index is -3.86. The third-order valence-corrected chi connectivity index (χ3v) is 4.53. The van der Waals surface area contributed by atoms with Gasteiger partial charge >= 0.3 is 5.97 Å². The Morgan fingerprint density at radius 3 is 2.52 bits per heavy atom. The lowest BCUT2D eigenvalue weighted by molar-refractivity contribution is -0.137. The summed E-state index contributed by atoms with van der Waals surface area (Å²) in [5.74, 6) is -1.11. The Morgan fingerprint density at radius 1 is 1.48 bits per heavy atom. The topological polar surface area (TPSA) is 125 Å². The van der Waals surface area contributed by atoms with Gasteiger partial charge in [-0.1, -0.05) is 0 Å². The molecule has 0 aliphatic carbocycles. The zero-order chi connectivity index (χ0) is 16.4. The van der Waals surface area contributed by atoms with Gasteiger partial charge in [0.05, 0.1) is 22.9 Å². The number of carbonyl (C=O) groups is 1. The van der Waals surface area contributed by atoms with E-state index in [0.717, 1.165) is 4.68 Å². The van der Waals surface area contributed by atoms with Crippen LogP contribution in [0.5, 0.6) is 0 Å². The highest BCUT2D eigenvalue weighted by atomic mass is 32.2. The zero-order valence-corrected chi connectivity index (χ0v) is 13.2. The van der Waals surface area contributed by atoms with Crippen LogP contribution < -0.4 is 4.72 Å². The molecule has 1 aromatic heterocycles. The molecule has 0 spiro atoms. The number of aryl methyl sites for hydroxylation is 1. The molecule has 21 heavy (non-hydrogen) atoms. The summed E-state index contributed by atoms with van der Waals surface area (Å²) in [6.07, 6.45) is 0. The van der Waals surface area contributed by atoms with Gasteiger partial charge in [0.15, 0.2) is 0 Å². The van der Waals surface area contributed by atoms with Gasteiger partial charge in [-0.05, 0) is 27.7 Å². The monoisotopic (exact) mass is 314 g/mol. The number of hydrogen-bond donors (Lipinski definition) is 2. The molecule has 2 N–H and O–H groups in total. The van der Waals surface area contributed by atoms with Crippen LogP contribution in [-0.4, -0.2) is 35.8 Å². The highest BCUT2D eigenvalue weighted by molar-refractivity contribution is 7.89. The molecule has 1 rings (SSSR count). The van der Waals surface area contributed by atoms with E-state index in [1.54, 1.807) is 13.8 Å². The van der Waals surface area contributed by atoms with E-state index >= 15 is 0 Å². The average molecular weight is 314 g/mol. The van der Waals surface area contributed by atoms with Crippen molar-refractivity contribution >= 4 is 16.0 Å². The smallest absolute Gasteiger partial charge is 0.325 e. The van der Waals surface area contributed by atoms with E-state index in [-0.39, 0.29) is 22.8 Å². The van der Waals surface area contributed by atoms with Crippen molar-refractivity contribution in [2.45, 2.75) is 39.1 Å². The lowest BCUT2D eigenvalue weighted by Crippen LogP contribution is -2.33. The van der Waals surface area contributed by atoms with Crippen molar-refractivity contribution in [2.24, 2.45) is 5.41 Å². The summed E-state index contributed by atoms with van der Waals surface area (Å²) in [5.41, 5.74) is -0.375. The van der Waals surface area contributed by atoms with Crippen LogP contribution in [0.4, 0.5) is 0 Å². The minimum absolute atomic E-state index is 0.0440. The molecule has 8 nitrogen and oxygen atoms in total. The Labute approximate surface area is 123 Å². The summed E-state index contributed by atoms with van der Waals surface area (Å²) in [6.45, 7) is 5.76. The quantitative estimate of drug-likeness (QED) is 0.783. The van der Waals surface area contributed by atoms with Gasteiger partial charge in [-0.25, -0.2) is 13.1 Å². The van der Waals surface area contributed by atoms with Crippen molar-refractivity contribution in [3.8, 4) is 6.07 Å². The summed E-state index contributed by atoms with van der Waals surface area (Å²) in [5, 5.41) is 21.6. The van der Waals surface area contributed by atoms with Gasteiger partial charge in [0.1, 0.15) is 11.4 Å². The summed E-state index contributed by atoms with van der Waals surface area (Å²) in [4.78, 5) is 10.7. The SMILES string of the molecule is Cc1nn(CC(=O)O)c(C)c1S(=O)(=O)NCC(C)(C)C#N. The number of carboxylic acids is 1. The first-order valence-corrected chi connectivity index (χ1v) is 7.65. The standard InChI is InChI=1S/C12H18N4O4S/c1-8-11(9(2)16(15-8)5-10(17)18)21(19,20)14-7-12(3,4)6-13/h14H,5,7H2,1-4H3,(H,17,18). The third-order valence-electron chi connectivity index (χ3n) is 2.88. The van der Waals surface area contributed by atoms with Crippen LogP contribution in [0.2, 0.25) is 0 Å². The average Bonchev–Trinajstić information content (AvgIpc) is 2.62. The number of sulfonamides is 1. The number of aliphatic carboxylic acids is 1. The fourth-order valence-corrected chi connectivity index (χ4v) is 3.36. The molecule has 9 heteroatoms. The lowest BCUT2D eigenvalue weighted by Gasteiger charge is -2.16. The van der Waals surface area contributed by atoms with Gasteiger partial charge < -0.3 is 5.11 Å². The van der Waals surface area contributed by atoms with E-state index in [0.29, 0.717) is 0 Å². The second kappa shape index (κ2) is 5.83. The van der Waals surface area contributed by atoms with Crippen LogP contribution in [0.15, 0.2) is 4.90 Å². The van der Waals surface area contributed by atoms with Gasteiger partial charge in [-0.2, -0.15) is 10.4 Å². The van der Waals surface area contributed by atoms with Gasteiger partial charge in [-0.3, -0.25) is 9.48 Å². The molecule has 0 saturated heterocycles. The summed E-state index contributed by atoms with van der Waals surface area (Å²) >= 11 is 0. The highest BCUT2D eigenvalue weighted by Crippen LogP contribution is 2.20. The second-order valence-electron chi connectivity index (χ2n) is 5.37. The van der Waals surface area contributed by atoms with Gasteiger partial charge in [0.25, 0.3) is 0 Å². The number of nitrogens with zero attached hydrogens (tertiary/aromatic N) is 3. The molecule has 0 radical (unpaired) electrons. The van der Waals surface area contributed by atoms with Crippen LogP contribution in [-0.2, 0) is 21.4 Å². The fraction of sp³-hybridized carbons (Fsp3) is 0.583. The molecule has 1 aromatic rings. The molecule has 0 aromatic carbocycles. The van der Waals surface area contributed by atoms with Gasteiger partial charge in [-0.15, -0.1) is 0 Å². The van der Waals surface area contributed by atoms with Crippen LogP contribution in [0, 0.1) is 30.6 Å². The fourth-order valence-electron chi connectivity index (χ4n) is 1.74. The Bertz CT molecular complexity index is 698. The summed E-state index contributed by atoms with van der Waals surface area (Å²) < 4.78 is 28.1. The Balaban J connectivity index is 3.13. The maximum absolute atomic E-state index is 12.3. The number of nitriles is 1. The summed E-state index contributed by atoms with van der Waals surface area (Å²) in [6, 6.07) is 2.00. The molecule has 0 saturated carbocycles. The van der Waals surface area contributed by atoms with Crippen LogP contribution in [0.3, 0.4) is 0 Å². The van der Waals surface area contributed by atoms with Crippen molar-refractivity contribution in [3.05, 3.63) is 11.4 Å². The third kappa shape index (κ3) is 4.03. The Hall–Kier alpha value is -1.92. The van der Waals surface area contributed by atoms with Crippen molar-refractivity contribution < 1.29 is 18.3 Å². The Kier molecular flexibility index (Phi) is 4.76. The first-order chi connectivity index (χ1) is 9.50. The molecular weight excluding hydrogens is 296 g/mol. The van der Waals surface area contributed by atoms with Crippen molar-refractivity contribution in [1.82, 2.24) is 14.5 Å². The molecule has 0 unspecified atom stereocenters. The van der Waals surface area contributed by atoms with Crippen molar-refractivity contribution in [2.75, 3.05) is 6.54 Å². The molecule has 0 atom stereocenters. The van der Waals surface area contributed by atoms with E-state index < -0.39 is 28.0 Å². The predicted molar refractivity (Wildman–Crippen MR) is 73.9 cm³/mol. The van der Waals surface area contributed by atoms with E-state index in [9.17, 15) is 13.2 Å². The van der Waals surface area contributed by atoms with Crippen molar-refractivity contribution in [3.63, 3.8) is 0 Å². The number of carboxylic acid groups (broad SMARTS) is 1. The molecule has 0 bridgehead atoms. The molecule has 0 aliphatic heterocycles. The van der Waals surface area contributed by atoms with Gasteiger partial charge in [0, 0.05) is 6.54 Å². The van der Waals surface area contributed by atoms with Crippen molar-refractivity contribution in [1.29, 1.82) is 5.26 Å². The van der Waals surface area contributed by atoms with E-state index in [1.165, 1.54) is 13.8 Å². The second-order valence-corrected chi connectivity index (χ2v) is 7.08. The summed E-state index contributed by atoms with van der Waals surface area (Å²) in [7, 11) is -3.86. The molecule has 0 fully saturated rings. The number of aromatic nitrogens is 2. The zero-order valence-electron chi connectivity index (χ0n) is 12.3. The molecular formula is C12H18N4O4S. The number of rotatable bonds is 6. The maximum Gasteiger partial charge on any atom is 0.325 e. The predicted octanol–water partition coefficient (Wildman–Crippen LogP) is 0.413. The van der Waals surface area contributed by atoms with E-state index in [1.807, 2.05) is 6.07 Å². The molecule has 0 aliphatic rings. The first kappa shape index (κ1) is 17.1.